The van der Waals surface area contributed by atoms with Crippen molar-refractivity contribution in [1.82, 2.24) is 18.3 Å². The van der Waals surface area contributed by atoms with Crippen LogP contribution < -0.4 is 0 Å². The molecule has 12 aromatic carbocycles. The topological polar surface area (TPSA) is 19.7 Å². The van der Waals surface area contributed by atoms with Crippen molar-refractivity contribution in [1.29, 1.82) is 0 Å². The first-order valence-electron chi connectivity index (χ1n) is 26.9. The quantitative estimate of drug-likeness (QED) is 0.172. The number of benzene rings is 12. The number of fused-ring (bicyclic) bond motifs is 21. The highest BCUT2D eigenvalue weighted by molar-refractivity contribution is 7.99. The maximum Gasteiger partial charge on any atom is 0.0736 e. The average molecular weight is 1010 g/mol. The molecule has 0 saturated heterocycles. The standard InChI is InChI=1S/C73H44N4S/c1-9-27-59-49(19-1)50-20-2-10-28-60(50)76(59)67-35-17-33-65-71(67)53-23-5-13-31-63(53)74(65)45-39-41-47-48-42-40-46(44-58(48)73(57(47)43-45)55-25-7-15-37-69(55)78-70-38-16-8-26-56(70)73)75-64-32-14-6-24-54(64)72-66(75)34-18-36-68(72)77-61-29-11-3-21-51(61)52-22-4-12-30-62(52)77/h1-44H. The number of hydrogen-bond acceptors (Lipinski definition) is 1. The molecule has 4 aromatic heterocycles. The van der Waals surface area contributed by atoms with Gasteiger partial charge in [-0.05, 0) is 130 Å². The fourth-order valence-corrected chi connectivity index (χ4v) is 15.6. The number of nitrogens with zero attached hydrogens (tertiary/aromatic N) is 4. The Morgan fingerprint density at radius 1 is 0.244 bits per heavy atom. The van der Waals surface area contributed by atoms with E-state index in [1.165, 1.54) is 142 Å². The van der Waals surface area contributed by atoms with Gasteiger partial charge in [0, 0.05) is 64.3 Å². The van der Waals surface area contributed by atoms with E-state index >= 15 is 0 Å². The van der Waals surface area contributed by atoms with Crippen molar-refractivity contribution in [3.05, 3.63) is 289 Å². The molecular weight excluding hydrogens is 965 g/mol. The Kier molecular flexibility index (Phi) is 8.51. The highest BCUT2D eigenvalue weighted by Crippen LogP contribution is 2.63. The molecule has 0 fully saturated rings. The van der Waals surface area contributed by atoms with Crippen molar-refractivity contribution in [2.45, 2.75) is 15.2 Å². The lowest BCUT2D eigenvalue weighted by Gasteiger charge is -2.40. The van der Waals surface area contributed by atoms with Gasteiger partial charge in [0.1, 0.15) is 0 Å². The second kappa shape index (κ2) is 15.6. The first kappa shape index (κ1) is 42.4. The lowest BCUT2D eigenvalue weighted by Crippen LogP contribution is -2.32. The molecule has 5 heteroatoms. The Bertz CT molecular complexity index is 4840. The van der Waals surface area contributed by atoms with Crippen molar-refractivity contribution in [2.75, 3.05) is 0 Å². The molecule has 1 spiro atoms. The first-order chi connectivity index (χ1) is 38.7. The summed E-state index contributed by atoms with van der Waals surface area (Å²) in [6, 6.07) is 100. The SMILES string of the molecule is c1ccc2c(c1)Sc1ccccc1C21c2cc(-n3c4ccccc4c4c(-n5c6ccccc6c6ccccc65)cccc43)ccc2-c2ccc(-n3c4ccccc4c4c(-n5c6ccccc6c6ccccc65)cccc43)cc21. The van der Waals surface area contributed by atoms with Crippen LogP contribution in [0.5, 0.6) is 0 Å². The molecule has 362 valence electrons. The molecule has 4 nitrogen and oxygen atoms in total. The molecule has 0 amide bonds. The van der Waals surface area contributed by atoms with E-state index in [2.05, 4.69) is 285 Å². The first-order valence-corrected chi connectivity index (χ1v) is 27.7. The Labute approximate surface area is 452 Å². The fourth-order valence-electron chi connectivity index (χ4n) is 14.4. The van der Waals surface area contributed by atoms with E-state index in [0.717, 1.165) is 11.4 Å². The molecule has 2 aliphatic rings. The molecule has 1 aliphatic heterocycles. The monoisotopic (exact) mass is 1010 g/mol. The van der Waals surface area contributed by atoms with Gasteiger partial charge in [0.15, 0.2) is 0 Å². The van der Waals surface area contributed by atoms with Gasteiger partial charge in [-0.3, -0.25) is 0 Å². The smallest absolute Gasteiger partial charge is 0.0736 e. The molecule has 78 heavy (non-hydrogen) atoms. The van der Waals surface area contributed by atoms with Gasteiger partial charge >= 0.3 is 0 Å². The van der Waals surface area contributed by atoms with E-state index in [0.29, 0.717) is 0 Å². The van der Waals surface area contributed by atoms with Gasteiger partial charge in [-0.2, -0.15) is 0 Å². The lowest BCUT2D eigenvalue weighted by molar-refractivity contribution is 0.721. The summed E-state index contributed by atoms with van der Waals surface area (Å²) in [7, 11) is 0. The van der Waals surface area contributed by atoms with Crippen LogP contribution in [-0.4, -0.2) is 18.3 Å². The summed E-state index contributed by atoms with van der Waals surface area (Å²) >= 11 is 1.89. The van der Waals surface area contributed by atoms with Gasteiger partial charge < -0.3 is 18.3 Å². The third-order valence-corrected chi connectivity index (χ3v) is 18.6. The molecule has 0 bridgehead atoms. The normalized spacial score (nSPS) is 13.4. The predicted molar refractivity (Wildman–Crippen MR) is 325 cm³/mol. The predicted octanol–water partition coefficient (Wildman–Crippen LogP) is 18.9. The average Bonchev–Trinajstić information content (AvgIpc) is 3.98. The van der Waals surface area contributed by atoms with Gasteiger partial charge in [-0.1, -0.05) is 182 Å². The minimum atomic E-state index is -0.630. The molecule has 1 aliphatic carbocycles. The number of aromatic nitrogens is 4. The van der Waals surface area contributed by atoms with Crippen molar-refractivity contribution in [3.8, 4) is 33.9 Å². The maximum atomic E-state index is 2.54. The van der Waals surface area contributed by atoms with Crippen LogP contribution in [0.4, 0.5) is 0 Å². The fraction of sp³-hybridized carbons (Fsp3) is 0.0137. The minimum Gasteiger partial charge on any atom is -0.309 e. The number of hydrogen-bond donors (Lipinski definition) is 0. The number of rotatable bonds is 4. The maximum absolute atomic E-state index is 2.54. The van der Waals surface area contributed by atoms with E-state index in [4.69, 9.17) is 0 Å². The second-order valence-electron chi connectivity index (χ2n) is 21.1. The molecule has 0 saturated carbocycles. The highest BCUT2D eigenvalue weighted by Gasteiger charge is 2.50. The summed E-state index contributed by atoms with van der Waals surface area (Å²) in [5.74, 6) is 0. The third-order valence-electron chi connectivity index (χ3n) is 17.4. The van der Waals surface area contributed by atoms with Crippen LogP contribution in [0.2, 0.25) is 0 Å². The Morgan fingerprint density at radius 2 is 0.564 bits per heavy atom. The number of para-hydroxylation sites is 6. The zero-order valence-corrected chi connectivity index (χ0v) is 42.9. The zero-order chi connectivity index (χ0) is 50.8. The van der Waals surface area contributed by atoms with Crippen molar-refractivity contribution >= 4 is 99.0 Å². The van der Waals surface area contributed by atoms with Gasteiger partial charge in [-0.25, -0.2) is 0 Å². The van der Waals surface area contributed by atoms with Crippen LogP contribution >= 0.6 is 11.8 Å². The van der Waals surface area contributed by atoms with Gasteiger partial charge in [-0.15, -0.1) is 0 Å². The van der Waals surface area contributed by atoms with Crippen LogP contribution in [-0.2, 0) is 5.41 Å². The van der Waals surface area contributed by atoms with Crippen LogP contribution in [0.25, 0.3) is 121 Å². The van der Waals surface area contributed by atoms with E-state index in [9.17, 15) is 0 Å². The Morgan fingerprint density at radius 3 is 0.962 bits per heavy atom. The van der Waals surface area contributed by atoms with Crippen LogP contribution in [0, 0.1) is 0 Å². The van der Waals surface area contributed by atoms with E-state index < -0.39 is 5.41 Å². The molecule has 0 atom stereocenters. The van der Waals surface area contributed by atoms with Crippen molar-refractivity contribution in [2.24, 2.45) is 0 Å². The third kappa shape index (κ3) is 5.40. The summed E-state index contributed by atoms with van der Waals surface area (Å²) in [5, 5.41) is 9.96. The molecule has 16 aromatic rings. The Balaban J connectivity index is 0.899. The molecule has 0 radical (unpaired) electrons. The van der Waals surface area contributed by atoms with Crippen LogP contribution in [0.1, 0.15) is 22.3 Å². The summed E-state index contributed by atoms with van der Waals surface area (Å²) in [6.45, 7) is 0. The highest BCUT2D eigenvalue weighted by atomic mass is 32.2. The van der Waals surface area contributed by atoms with E-state index in [1.54, 1.807) is 0 Å². The van der Waals surface area contributed by atoms with Crippen LogP contribution in [0.15, 0.2) is 277 Å². The molecule has 5 heterocycles. The summed E-state index contributed by atoms with van der Waals surface area (Å²) < 4.78 is 10.00. The summed E-state index contributed by atoms with van der Waals surface area (Å²) in [5.41, 5.74) is 21.3. The van der Waals surface area contributed by atoms with Crippen LogP contribution in [0.3, 0.4) is 0 Å². The molecular formula is C73H44N4S. The summed E-state index contributed by atoms with van der Waals surface area (Å²) in [4.78, 5) is 2.57. The largest absolute Gasteiger partial charge is 0.309 e. The lowest BCUT2D eigenvalue weighted by atomic mass is 9.67. The molecule has 0 unspecified atom stereocenters. The van der Waals surface area contributed by atoms with Crippen molar-refractivity contribution < 1.29 is 0 Å². The molecule has 0 N–H and O–H groups in total. The van der Waals surface area contributed by atoms with E-state index in [1.807, 2.05) is 11.8 Å². The zero-order valence-electron chi connectivity index (χ0n) is 42.1. The van der Waals surface area contributed by atoms with Gasteiger partial charge in [0.25, 0.3) is 0 Å². The minimum absolute atomic E-state index is 0.630. The summed E-state index contributed by atoms with van der Waals surface area (Å²) in [6.07, 6.45) is 0. The Hall–Kier alpha value is -9.81. The van der Waals surface area contributed by atoms with E-state index in [-0.39, 0.29) is 0 Å². The van der Waals surface area contributed by atoms with Gasteiger partial charge in [0.05, 0.1) is 60.9 Å². The molecule has 18 rings (SSSR count). The second-order valence-corrected chi connectivity index (χ2v) is 22.2. The van der Waals surface area contributed by atoms with Crippen molar-refractivity contribution in [3.63, 3.8) is 0 Å². The van der Waals surface area contributed by atoms with Gasteiger partial charge in [0.2, 0.25) is 0 Å².